The second-order valence-electron chi connectivity index (χ2n) is 4.53. The van der Waals surface area contributed by atoms with Gasteiger partial charge in [0.2, 0.25) is 0 Å². The average Bonchev–Trinajstić information content (AvgIpc) is 2.98. The molecule has 2 aromatic heterocycles. The van der Waals surface area contributed by atoms with Gasteiger partial charge in [0.25, 0.3) is 0 Å². The largest absolute Gasteiger partial charge is 0.394 e. The smallest absolute Gasteiger partial charge is 0.148 e. The van der Waals surface area contributed by atoms with Crippen LogP contribution in [-0.2, 0) is 13.0 Å². The first kappa shape index (κ1) is 13.4. The van der Waals surface area contributed by atoms with Crippen LogP contribution in [-0.4, -0.2) is 31.5 Å². The topological polar surface area (TPSA) is 97.4 Å². The van der Waals surface area contributed by atoms with Crippen LogP contribution in [0.3, 0.4) is 0 Å². The highest BCUT2D eigenvalue weighted by molar-refractivity contribution is 5.64. The molecular weight excluding hydrogens is 242 g/mol. The number of hydrogen-bond donors (Lipinski definition) is 3. The van der Waals surface area contributed by atoms with E-state index in [1.54, 1.807) is 0 Å². The van der Waals surface area contributed by atoms with E-state index in [1.165, 1.54) is 6.33 Å². The van der Waals surface area contributed by atoms with Gasteiger partial charge in [-0.1, -0.05) is 6.92 Å². The number of hydrogen-bond acceptors (Lipinski definition) is 5. The maximum absolute atomic E-state index is 6.04. The molecule has 0 aliphatic rings. The molecule has 104 valence electrons. The molecule has 0 fully saturated rings. The van der Waals surface area contributed by atoms with E-state index in [0.29, 0.717) is 0 Å². The molecule has 2 aromatic rings. The molecule has 7 nitrogen and oxygen atoms in total. The molecule has 0 aromatic carbocycles. The van der Waals surface area contributed by atoms with Gasteiger partial charge in [0.1, 0.15) is 18.0 Å². The molecule has 0 aliphatic carbocycles. The molecule has 0 bridgehead atoms. The lowest BCUT2D eigenvalue weighted by molar-refractivity contribution is 0.602. The molecule has 2 rings (SSSR count). The molecule has 0 radical (unpaired) electrons. The van der Waals surface area contributed by atoms with Crippen molar-refractivity contribution in [1.82, 2.24) is 25.0 Å². The molecule has 0 unspecified atom stereocenters. The summed E-state index contributed by atoms with van der Waals surface area (Å²) in [6.07, 6.45) is 4.40. The van der Waals surface area contributed by atoms with Crippen LogP contribution in [0.25, 0.3) is 0 Å². The lowest BCUT2D eigenvalue weighted by Gasteiger charge is -2.09. The number of nitrogens with zero attached hydrogens (tertiary/aromatic N) is 4. The fourth-order valence-electron chi connectivity index (χ4n) is 1.97. The van der Waals surface area contributed by atoms with E-state index >= 15 is 0 Å². The van der Waals surface area contributed by atoms with Gasteiger partial charge in [0, 0.05) is 19.5 Å². The molecule has 2 heterocycles. The zero-order valence-corrected chi connectivity index (χ0v) is 11.5. The Morgan fingerprint density at radius 1 is 1.47 bits per heavy atom. The van der Waals surface area contributed by atoms with Gasteiger partial charge in [0.15, 0.2) is 0 Å². The summed E-state index contributed by atoms with van der Waals surface area (Å²) in [4.78, 5) is 4.09. The number of H-pyrrole nitrogens is 1. The number of anilines is 2. The SMILES string of the molecule is CCCn1nc(C)c(N)c1NCCCc1ncn[nH]1. The van der Waals surface area contributed by atoms with Crippen LogP contribution in [0.1, 0.15) is 31.3 Å². The minimum Gasteiger partial charge on any atom is -0.394 e. The van der Waals surface area contributed by atoms with Crippen LogP contribution in [0.15, 0.2) is 6.33 Å². The van der Waals surface area contributed by atoms with Crippen molar-refractivity contribution >= 4 is 11.5 Å². The van der Waals surface area contributed by atoms with E-state index in [2.05, 4.69) is 32.5 Å². The molecule has 0 saturated heterocycles. The number of rotatable bonds is 7. The van der Waals surface area contributed by atoms with Gasteiger partial charge in [0.05, 0.1) is 11.4 Å². The van der Waals surface area contributed by atoms with Crippen molar-refractivity contribution in [2.45, 2.75) is 39.7 Å². The Morgan fingerprint density at radius 3 is 3.00 bits per heavy atom. The fraction of sp³-hybridized carbons (Fsp3) is 0.583. The number of nitrogens with two attached hydrogens (primary N) is 1. The minimum atomic E-state index is 0.744. The van der Waals surface area contributed by atoms with Gasteiger partial charge in [-0.05, 0) is 19.8 Å². The summed E-state index contributed by atoms with van der Waals surface area (Å²) in [7, 11) is 0. The van der Waals surface area contributed by atoms with Crippen LogP contribution >= 0.6 is 0 Å². The Balaban J connectivity index is 1.88. The van der Waals surface area contributed by atoms with Gasteiger partial charge in [-0.25, -0.2) is 9.67 Å². The number of aromatic nitrogens is 5. The first-order valence-electron chi connectivity index (χ1n) is 6.63. The fourth-order valence-corrected chi connectivity index (χ4v) is 1.97. The summed E-state index contributed by atoms with van der Waals surface area (Å²) in [5.41, 5.74) is 7.66. The lowest BCUT2D eigenvalue weighted by Crippen LogP contribution is -2.11. The first-order valence-corrected chi connectivity index (χ1v) is 6.63. The second kappa shape index (κ2) is 6.21. The van der Waals surface area contributed by atoms with Crippen molar-refractivity contribution in [2.24, 2.45) is 0 Å². The van der Waals surface area contributed by atoms with Crippen molar-refractivity contribution in [3.8, 4) is 0 Å². The van der Waals surface area contributed by atoms with Crippen molar-refractivity contribution < 1.29 is 0 Å². The van der Waals surface area contributed by atoms with Gasteiger partial charge in [-0.15, -0.1) is 0 Å². The molecule has 0 atom stereocenters. The summed E-state index contributed by atoms with van der Waals surface area (Å²) in [5, 5.41) is 14.5. The van der Waals surface area contributed by atoms with Gasteiger partial charge in [-0.3, -0.25) is 5.10 Å². The molecule has 0 saturated carbocycles. The van der Waals surface area contributed by atoms with E-state index < -0.39 is 0 Å². The summed E-state index contributed by atoms with van der Waals surface area (Å²) in [5.74, 6) is 1.84. The highest BCUT2D eigenvalue weighted by Crippen LogP contribution is 2.22. The standard InChI is InChI=1S/C12H21N7/c1-3-7-19-12(11(13)9(2)18-19)14-6-4-5-10-15-8-16-17-10/h8,14H,3-7,13H2,1-2H3,(H,15,16,17). The number of nitrogen functional groups attached to an aromatic ring is 1. The maximum Gasteiger partial charge on any atom is 0.148 e. The van der Waals surface area contributed by atoms with Gasteiger partial charge >= 0.3 is 0 Å². The number of aromatic amines is 1. The summed E-state index contributed by atoms with van der Waals surface area (Å²) in [6.45, 7) is 5.77. The van der Waals surface area contributed by atoms with Crippen molar-refractivity contribution in [1.29, 1.82) is 0 Å². The molecule has 0 aliphatic heterocycles. The summed E-state index contributed by atoms with van der Waals surface area (Å²) < 4.78 is 1.94. The van der Waals surface area contributed by atoms with E-state index in [4.69, 9.17) is 5.73 Å². The highest BCUT2D eigenvalue weighted by atomic mass is 15.3. The Bertz CT molecular complexity index is 500. The second-order valence-corrected chi connectivity index (χ2v) is 4.53. The van der Waals surface area contributed by atoms with Crippen molar-refractivity contribution in [3.05, 3.63) is 17.8 Å². The van der Waals surface area contributed by atoms with Crippen LogP contribution in [0.2, 0.25) is 0 Å². The zero-order valence-electron chi connectivity index (χ0n) is 11.5. The molecule has 19 heavy (non-hydrogen) atoms. The Hall–Kier alpha value is -2.05. The normalized spacial score (nSPS) is 10.8. The monoisotopic (exact) mass is 263 g/mol. The van der Waals surface area contributed by atoms with E-state index in [1.807, 2.05) is 11.6 Å². The van der Waals surface area contributed by atoms with E-state index in [0.717, 1.165) is 55.4 Å². The molecule has 0 spiro atoms. The Morgan fingerprint density at radius 2 is 2.32 bits per heavy atom. The molecule has 4 N–H and O–H groups in total. The molecular formula is C12H21N7. The van der Waals surface area contributed by atoms with E-state index in [9.17, 15) is 0 Å². The predicted molar refractivity (Wildman–Crippen MR) is 74.9 cm³/mol. The van der Waals surface area contributed by atoms with Crippen LogP contribution in [0.4, 0.5) is 11.5 Å². The Kier molecular flexibility index (Phi) is 4.38. The molecule has 0 amide bonds. The lowest BCUT2D eigenvalue weighted by atomic mass is 10.3. The highest BCUT2D eigenvalue weighted by Gasteiger charge is 2.11. The summed E-state index contributed by atoms with van der Waals surface area (Å²) in [6, 6.07) is 0. The van der Waals surface area contributed by atoms with Crippen LogP contribution < -0.4 is 11.1 Å². The number of aryl methyl sites for hydroxylation is 3. The third kappa shape index (κ3) is 3.24. The average molecular weight is 263 g/mol. The minimum absolute atomic E-state index is 0.744. The van der Waals surface area contributed by atoms with Crippen molar-refractivity contribution in [2.75, 3.05) is 17.6 Å². The maximum atomic E-state index is 6.04. The van der Waals surface area contributed by atoms with Gasteiger partial charge < -0.3 is 11.1 Å². The van der Waals surface area contributed by atoms with Gasteiger partial charge in [-0.2, -0.15) is 10.2 Å². The third-order valence-electron chi connectivity index (χ3n) is 2.96. The summed E-state index contributed by atoms with van der Waals surface area (Å²) >= 11 is 0. The quantitative estimate of drug-likeness (QED) is 0.655. The Labute approximate surface area is 112 Å². The van der Waals surface area contributed by atoms with Crippen molar-refractivity contribution in [3.63, 3.8) is 0 Å². The first-order chi connectivity index (χ1) is 9.22. The predicted octanol–water partition coefficient (Wildman–Crippen LogP) is 1.35. The zero-order chi connectivity index (χ0) is 13.7. The molecule has 7 heteroatoms. The number of nitrogens with one attached hydrogen (secondary N) is 2. The van der Waals surface area contributed by atoms with Crippen LogP contribution in [0.5, 0.6) is 0 Å². The van der Waals surface area contributed by atoms with Crippen LogP contribution in [0, 0.1) is 6.92 Å². The van der Waals surface area contributed by atoms with E-state index in [-0.39, 0.29) is 0 Å². The third-order valence-corrected chi connectivity index (χ3v) is 2.96.